The first-order valence-corrected chi connectivity index (χ1v) is 6.34. The monoisotopic (exact) mass is 295 g/mol. The highest BCUT2D eigenvalue weighted by Crippen LogP contribution is 2.37. The zero-order valence-corrected chi connectivity index (χ0v) is 10.8. The third-order valence-electron chi connectivity index (χ3n) is 3.49. The lowest BCUT2D eigenvalue weighted by Gasteiger charge is -2.32. The summed E-state index contributed by atoms with van der Waals surface area (Å²) in [6, 6.07) is 5.06. The van der Waals surface area contributed by atoms with Crippen molar-refractivity contribution in [1.29, 1.82) is 0 Å². The molecule has 0 bridgehead atoms. The Labute approximate surface area is 118 Å². The van der Waals surface area contributed by atoms with Crippen molar-refractivity contribution >= 4 is 0 Å². The number of fused-ring (bicyclic) bond motifs is 1. The van der Waals surface area contributed by atoms with Crippen LogP contribution in [-0.2, 0) is 6.42 Å². The van der Waals surface area contributed by atoms with E-state index in [1.165, 1.54) is 18.2 Å². The number of hydrogen-bond donors (Lipinski definition) is 2. The average Bonchev–Trinajstić information content (AvgIpc) is 2.42. The van der Waals surface area contributed by atoms with E-state index in [1.807, 2.05) is 0 Å². The topological polar surface area (TPSA) is 55.5 Å². The number of halogens is 3. The fraction of sp³-hybridized carbons (Fsp3) is 0.200. The number of hydrogen-bond acceptors (Lipinski definition) is 3. The third kappa shape index (κ3) is 2.42. The molecular weight excluding hydrogens is 283 g/mol. The summed E-state index contributed by atoms with van der Waals surface area (Å²) in [5, 5.41) is 9.42. The van der Waals surface area contributed by atoms with E-state index in [0.717, 1.165) is 6.07 Å². The lowest BCUT2D eigenvalue weighted by atomic mass is 9.93. The van der Waals surface area contributed by atoms with Crippen LogP contribution in [0.2, 0.25) is 0 Å². The predicted molar refractivity (Wildman–Crippen MR) is 69.5 cm³/mol. The van der Waals surface area contributed by atoms with Gasteiger partial charge >= 0.3 is 0 Å². The van der Waals surface area contributed by atoms with E-state index in [1.54, 1.807) is 0 Å². The van der Waals surface area contributed by atoms with Gasteiger partial charge in [0.1, 0.15) is 23.4 Å². The number of rotatable bonds is 1. The van der Waals surface area contributed by atoms with Crippen LogP contribution in [0.4, 0.5) is 13.2 Å². The van der Waals surface area contributed by atoms with Gasteiger partial charge in [0.25, 0.3) is 0 Å². The van der Waals surface area contributed by atoms with Crippen molar-refractivity contribution in [2.45, 2.75) is 18.6 Å². The molecule has 0 radical (unpaired) electrons. The maximum Gasteiger partial charge on any atom is 0.161 e. The lowest BCUT2D eigenvalue weighted by Crippen LogP contribution is -2.38. The molecule has 110 valence electrons. The summed E-state index contributed by atoms with van der Waals surface area (Å²) in [6.45, 7) is 0. The second kappa shape index (κ2) is 4.96. The molecule has 0 saturated heterocycles. The number of nitrogens with two attached hydrogens (primary N) is 1. The van der Waals surface area contributed by atoms with Crippen LogP contribution in [0.1, 0.15) is 17.2 Å². The van der Waals surface area contributed by atoms with Gasteiger partial charge < -0.3 is 15.6 Å². The molecule has 0 fully saturated rings. The summed E-state index contributed by atoms with van der Waals surface area (Å²) in [5.74, 6) is -2.81. The summed E-state index contributed by atoms with van der Waals surface area (Å²) in [7, 11) is 0. The van der Waals surface area contributed by atoms with Gasteiger partial charge in [0.15, 0.2) is 11.6 Å². The van der Waals surface area contributed by atoms with Gasteiger partial charge in [-0.2, -0.15) is 0 Å². The van der Waals surface area contributed by atoms with Gasteiger partial charge in [-0.05, 0) is 36.2 Å². The molecule has 0 spiro atoms. The Morgan fingerprint density at radius 3 is 2.52 bits per heavy atom. The Morgan fingerprint density at radius 2 is 1.76 bits per heavy atom. The first-order chi connectivity index (χ1) is 9.95. The third-order valence-corrected chi connectivity index (χ3v) is 3.49. The van der Waals surface area contributed by atoms with Crippen molar-refractivity contribution in [2.24, 2.45) is 5.73 Å². The molecule has 2 aromatic carbocycles. The quantitative estimate of drug-likeness (QED) is 0.795. The molecule has 6 heteroatoms. The Bertz CT molecular complexity index is 706. The number of benzene rings is 2. The molecule has 3 rings (SSSR count). The largest absolute Gasteiger partial charge is 0.508 e. The minimum absolute atomic E-state index is 0.0713. The first-order valence-electron chi connectivity index (χ1n) is 6.34. The molecule has 1 aliphatic rings. The van der Waals surface area contributed by atoms with Crippen molar-refractivity contribution in [1.82, 2.24) is 0 Å². The van der Waals surface area contributed by atoms with Gasteiger partial charge in [0.05, 0.1) is 6.04 Å². The molecule has 1 heterocycles. The van der Waals surface area contributed by atoms with E-state index in [4.69, 9.17) is 10.5 Å². The van der Waals surface area contributed by atoms with Crippen molar-refractivity contribution in [3.8, 4) is 11.5 Å². The molecule has 0 aromatic heterocycles. The maximum absolute atomic E-state index is 13.8. The second-order valence-electron chi connectivity index (χ2n) is 4.99. The van der Waals surface area contributed by atoms with E-state index >= 15 is 0 Å². The molecule has 2 atom stereocenters. The van der Waals surface area contributed by atoms with E-state index in [2.05, 4.69) is 0 Å². The highest BCUT2D eigenvalue weighted by Gasteiger charge is 2.31. The summed E-state index contributed by atoms with van der Waals surface area (Å²) in [6.07, 6.45) is -0.593. The van der Waals surface area contributed by atoms with Gasteiger partial charge in [-0.15, -0.1) is 0 Å². The predicted octanol–water partition coefficient (Wildman–Crippen LogP) is 2.81. The summed E-state index contributed by atoms with van der Waals surface area (Å²) in [5.41, 5.74) is 6.50. The molecule has 0 saturated carbocycles. The summed E-state index contributed by atoms with van der Waals surface area (Å²) >= 11 is 0. The number of aromatic hydroxyl groups is 1. The smallest absolute Gasteiger partial charge is 0.161 e. The SMILES string of the molecule is N[C@@H]1Cc2cc(O)ccc2O[C@H]1c1cc(F)c(F)cc1F. The van der Waals surface area contributed by atoms with Gasteiger partial charge in [-0.1, -0.05) is 0 Å². The van der Waals surface area contributed by atoms with Gasteiger partial charge in [-0.25, -0.2) is 13.2 Å². The van der Waals surface area contributed by atoms with E-state index in [-0.39, 0.29) is 11.3 Å². The Balaban J connectivity index is 2.01. The van der Waals surface area contributed by atoms with E-state index in [9.17, 15) is 18.3 Å². The van der Waals surface area contributed by atoms with Gasteiger partial charge in [0, 0.05) is 11.6 Å². The first kappa shape index (κ1) is 13.8. The highest BCUT2D eigenvalue weighted by atomic mass is 19.2. The lowest BCUT2D eigenvalue weighted by molar-refractivity contribution is 0.148. The second-order valence-corrected chi connectivity index (χ2v) is 4.99. The van der Waals surface area contributed by atoms with Crippen molar-refractivity contribution in [2.75, 3.05) is 0 Å². The van der Waals surface area contributed by atoms with Crippen LogP contribution >= 0.6 is 0 Å². The zero-order chi connectivity index (χ0) is 15.1. The molecule has 2 aromatic rings. The summed E-state index contributed by atoms with van der Waals surface area (Å²) in [4.78, 5) is 0. The molecule has 3 N–H and O–H groups in total. The average molecular weight is 295 g/mol. The van der Waals surface area contributed by atoms with E-state index < -0.39 is 29.6 Å². The van der Waals surface area contributed by atoms with Gasteiger partial charge in [-0.3, -0.25) is 0 Å². The zero-order valence-electron chi connectivity index (χ0n) is 10.8. The Morgan fingerprint density at radius 1 is 1.05 bits per heavy atom. The molecule has 1 aliphatic heterocycles. The fourth-order valence-corrected chi connectivity index (χ4v) is 2.48. The van der Waals surface area contributed by atoms with Gasteiger partial charge in [0.2, 0.25) is 0 Å². The number of phenolic OH excluding ortho intramolecular Hbond substituents is 1. The minimum atomic E-state index is -1.26. The number of phenols is 1. The minimum Gasteiger partial charge on any atom is -0.508 e. The van der Waals surface area contributed by atoms with Crippen LogP contribution in [0.5, 0.6) is 11.5 Å². The standard InChI is InChI=1S/C15H12F3NO2/c16-10-6-12(18)11(17)5-9(10)15-13(19)4-7-3-8(20)1-2-14(7)21-15/h1-3,5-6,13,15,20H,4,19H2/t13-,15+/m1/s1. The highest BCUT2D eigenvalue weighted by molar-refractivity contribution is 5.43. The molecule has 0 unspecified atom stereocenters. The fourth-order valence-electron chi connectivity index (χ4n) is 2.48. The van der Waals surface area contributed by atoms with Crippen LogP contribution in [-0.4, -0.2) is 11.1 Å². The molecule has 21 heavy (non-hydrogen) atoms. The molecule has 0 aliphatic carbocycles. The normalized spacial score (nSPS) is 20.8. The van der Waals surface area contributed by atoms with Crippen molar-refractivity contribution in [3.05, 3.63) is 58.9 Å². The molecule has 0 amide bonds. The van der Waals surface area contributed by atoms with Crippen LogP contribution in [0.15, 0.2) is 30.3 Å². The Hall–Kier alpha value is -2.21. The van der Waals surface area contributed by atoms with Crippen LogP contribution in [0.3, 0.4) is 0 Å². The molecule has 3 nitrogen and oxygen atoms in total. The summed E-state index contributed by atoms with van der Waals surface area (Å²) < 4.78 is 45.8. The van der Waals surface area contributed by atoms with Crippen LogP contribution < -0.4 is 10.5 Å². The van der Waals surface area contributed by atoms with Crippen LogP contribution in [0, 0.1) is 17.5 Å². The van der Waals surface area contributed by atoms with Crippen LogP contribution in [0.25, 0.3) is 0 Å². The molecular formula is C15H12F3NO2. The Kier molecular flexibility index (Phi) is 3.25. The van der Waals surface area contributed by atoms with Crippen molar-refractivity contribution in [3.63, 3.8) is 0 Å². The van der Waals surface area contributed by atoms with E-state index in [0.29, 0.717) is 23.8 Å². The number of ether oxygens (including phenoxy) is 1. The van der Waals surface area contributed by atoms with Crippen molar-refractivity contribution < 1.29 is 23.0 Å². The maximum atomic E-state index is 13.8.